The van der Waals surface area contributed by atoms with Gasteiger partial charge in [0, 0.05) is 6.20 Å². The lowest BCUT2D eigenvalue weighted by Crippen LogP contribution is -1.96. The maximum atomic E-state index is 6.01. The van der Waals surface area contributed by atoms with Gasteiger partial charge in [0.25, 0.3) is 0 Å². The third kappa shape index (κ3) is 2.81. The van der Waals surface area contributed by atoms with E-state index in [2.05, 4.69) is 9.97 Å². The Hall–Kier alpha value is -1.46. The molecule has 2 heterocycles. The van der Waals surface area contributed by atoms with E-state index in [4.69, 9.17) is 22.1 Å². The van der Waals surface area contributed by atoms with E-state index >= 15 is 0 Å². The molecule has 2 aromatic rings. The van der Waals surface area contributed by atoms with Gasteiger partial charge in [0.15, 0.2) is 0 Å². The Kier molecular flexibility index (Phi) is 3.71. The zero-order valence-electron chi connectivity index (χ0n) is 9.05. The largest absolute Gasteiger partial charge is 0.480 e. The summed E-state index contributed by atoms with van der Waals surface area (Å²) in [5.41, 5.74) is 6.19. The second-order valence-corrected chi connectivity index (χ2v) is 4.56. The number of nitrogens with zero attached hydrogens (tertiary/aromatic N) is 2. The summed E-state index contributed by atoms with van der Waals surface area (Å²) in [5.74, 6) is 0.405. The number of hydrogen-bond donors (Lipinski definition) is 1. The molecule has 0 saturated carbocycles. The summed E-state index contributed by atoms with van der Waals surface area (Å²) >= 11 is 7.37. The van der Waals surface area contributed by atoms with E-state index < -0.39 is 0 Å². The summed E-state index contributed by atoms with van der Waals surface area (Å²) < 4.78 is 5.05. The van der Waals surface area contributed by atoms with Crippen molar-refractivity contribution in [3.63, 3.8) is 0 Å². The molecule has 0 amide bonds. The van der Waals surface area contributed by atoms with Crippen LogP contribution in [0.2, 0.25) is 5.02 Å². The fourth-order valence-electron chi connectivity index (χ4n) is 1.20. The Labute approximate surface area is 108 Å². The first kappa shape index (κ1) is 12.0. The summed E-state index contributed by atoms with van der Waals surface area (Å²) in [4.78, 5) is 8.41. The van der Waals surface area contributed by atoms with E-state index in [1.807, 2.05) is 0 Å². The van der Waals surface area contributed by atoms with Crippen LogP contribution in [0.1, 0.15) is 0 Å². The monoisotopic (exact) mass is 267 g/mol. The van der Waals surface area contributed by atoms with E-state index in [1.165, 1.54) is 18.9 Å². The highest BCUT2D eigenvalue weighted by Crippen LogP contribution is 2.32. The molecule has 88 valence electrons. The van der Waals surface area contributed by atoms with Crippen LogP contribution < -0.4 is 10.5 Å². The average Bonchev–Trinajstić information content (AvgIpc) is 2.34. The van der Waals surface area contributed by atoms with Crippen molar-refractivity contribution < 1.29 is 4.74 Å². The summed E-state index contributed by atoms with van der Waals surface area (Å²) in [6.45, 7) is 0. The number of halogens is 1. The van der Waals surface area contributed by atoms with Crippen LogP contribution in [0.15, 0.2) is 40.5 Å². The van der Waals surface area contributed by atoms with Crippen molar-refractivity contribution >= 4 is 29.1 Å². The molecule has 0 saturated heterocycles. The zero-order valence-corrected chi connectivity index (χ0v) is 10.6. The normalized spacial score (nSPS) is 10.2. The van der Waals surface area contributed by atoms with Crippen LogP contribution in [0.3, 0.4) is 0 Å². The van der Waals surface area contributed by atoms with Crippen LogP contribution in [-0.4, -0.2) is 17.1 Å². The molecule has 0 unspecified atom stereocenters. The van der Waals surface area contributed by atoms with Crippen molar-refractivity contribution in [1.29, 1.82) is 0 Å². The molecule has 0 radical (unpaired) electrons. The lowest BCUT2D eigenvalue weighted by molar-refractivity contribution is 0.397. The van der Waals surface area contributed by atoms with Crippen molar-refractivity contribution in [1.82, 2.24) is 9.97 Å². The molecule has 4 nitrogen and oxygen atoms in total. The van der Waals surface area contributed by atoms with E-state index in [1.54, 1.807) is 30.5 Å². The van der Waals surface area contributed by atoms with Gasteiger partial charge in [-0.15, -0.1) is 0 Å². The molecular formula is C11H10ClN3OS. The van der Waals surface area contributed by atoms with Gasteiger partial charge in [0.1, 0.15) is 10.1 Å². The first-order valence-electron chi connectivity index (χ1n) is 4.79. The number of pyridine rings is 2. The minimum Gasteiger partial charge on any atom is -0.480 e. The molecule has 0 atom stereocenters. The van der Waals surface area contributed by atoms with Crippen molar-refractivity contribution in [3.05, 3.63) is 35.5 Å². The molecule has 0 aromatic carbocycles. The molecule has 0 aliphatic rings. The van der Waals surface area contributed by atoms with E-state index in [-0.39, 0.29) is 0 Å². The fraction of sp³-hybridized carbons (Fsp3) is 0.0909. The standard InChI is InChI=1S/C11H10ClN3OS/c1-16-10-8(13)4-5-9(15-10)17-11-7(12)3-2-6-14-11/h2-6H,13H2,1H3. The molecule has 0 aliphatic carbocycles. The SMILES string of the molecule is COc1nc(Sc2ncccc2Cl)ccc1N. The molecular weight excluding hydrogens is 258 g/mol. The van der Waals surface area contributed by atoms with Gasteiger partial charge in [0.2, 0.25) is 5.88 Å². The topological polar surface area (TPSA) is 61.0 Å². The minimum atomic E-state index is 0.405. The van der Waals surface area contributed by atoms with Crippen molar-refractivity contribution in [2.24, 2.45) is 0 Å². The Morgan fingerprint density at radius 3 is 2.88 bits per heavy atom. The summed E-state index contributed by atoms with van der Waals surface area (Å²) in [5, 5.41) is 2.03. The first-order valence-corrected chi connectivity index (χ1v) is 5.99. The number of anilines is 1. The molecule has 17 heavy (non-hydrogen) atoms. The fourth-order valence-corrected chi connectivity index (χ4v) is 2.18. The quantitative estimate of drug-likeness (QED) is 0.927. The lowest BCUT2D eigenvalue weighted by Gasteiger charge is -2.06. The lowest BCUT2D eigenvalue weighted by atomic mass is 10.4. The Morgan fingerprint density at radius 1 is 1.35 bits per heavy atom. The van der Waals surface area contributed by atoms with Gasteiger partial charge >= 0.3 is 0 Å². The molecule has 2 aromatic heterocycles. The van der Waals surface area contributed by atoms with Crippen LogP contribution in [0.5, 0.6) is 5.88 Å². The number of ether oxygens (including phenoxy) is 1. The van der Waals surface area contributed by atoms with E-state index in [9.17, 15) is 0 Å². The van der Waals surface area contributed by atoms with Crippen LogP contribution in [0, 0.1) is 0 Å². The Bertz CT molecular complexity index is 536. The van der Waals surface area contributed by atoms with Gasteiger partial charge < -0.3 is 10.5 Å². The van der Waals surface area contributed by atoms with Gasteiger partial charge in [-0.05, 0) is 36.0 Å². The maximum absolute atomic E-state index is 6.01. The third-order valence-corrected chi connectivity index (χ3v) is 3.36. The van der Waals surface area contributed by atoms with Crippen molar-refractivity contribution in [3.8, 4) is 5.88 Å². The van der Waals surface area contributed by atoms with Crippen LogP contribution >= 0.6 is 23.4 Å². The second kappa shape index (κ2) is 5.25. The molecule has 2 rings (SSSR count). The highest BCUT2D eigenvalue weighted by molar-refractivity contribution is 7.99. The van der Waals surface area contributed by atoms with Crippen LogP contribution in [0.25, 0.3) is 0 Å². The van der Waals surface area contributed by atoms with Gasteiger partial charge in [0.05, 0.1) is 17.8 Å². The molecule has 2 N–H and O–H groups in total. The predicted molar refractivity (Wildman–Crippen MR) is 68.6 cm³/mol. The number of rotatable bonds is 3. The highest BCUT2D eigenvalue weighted by Gasteiger charge is 2.07. The molecule has 6 heteroatoms. The first-order chi connectivity index (χ1) is 8.20. The van der Waals surface area contributed by atoms with Crippen LogP contribution in [-0.2, 0) is 0 Å². The van der Waals surface area contributed by atoms with Crippen LogP contribution in [0.4, 0.5) is 5.69 Å². The van der Waals surface area contributed by atoms with Crippen molar-refractivity contribution in [2.75, 3.05) is 12.8 Å². The highest BCUT2D eigenvalue weighted by atomic mass is 35.5. The number of nitrogens with two attached hydrogens (primary N) is 1. The minimum absolute atomic E-state index is 0.405. The summed E-state index contributed by atoms with van der Waals surface area (Å²) in [6.07, 6.45) is 1.68. The maximum Gasteiger partial charge on any atom is 0.237 e. The molecule has 0 bridgehead atoms. The van der Waals surface area contributed by atoms with Gasteiger partial charge in [-0.25, -0.2) is 9.97 Å². The van der Waals surface area contributed by atoms with Gasteiger partial charge in [-0.2, -0.15) is 0 Å². The third-order valence-electron chi connectivity index (χ3n) is 1.98. The summed E-state index contributed by atoms with van der Waals surface area (Å²) in [6, 6.07) is 7.10. The number of hydrogen-bond acceptors (Lipinski definition) is 5. The number of methoxy groups -OCH3 is 1. The summed E-state index contributed by atoms with van der Waals surface area (Å²) in [7, 11) is 1.53. The molecule has 0 spiro atoms. The molecule has 0 fully saturated rings. The number of nitrogen functional groups attached to an aromatic ring is 1. The second-order valence-electron chi connectivity index (χ2n) is 3.14. The Morgan fingerprint density at radius 2 is 2.18 bits per heavy atom. The van der Waals surface area contributed by atoms with Gasteiger partial charge in [-0.1, -0.05) is 11.6 Å². The molecule has 0 aliphatic heterocycles. The Balaban J connectivity index is 2.28. The van der Waals surface area contributed by atoms with E-state index in [0.717, 1.165) is 5.03 Å². The van der Waals surface area contributed by atoms with Crippen molar-refractivity contribution in [2.45, 2.75) is 10.1 Å². The zero-order chi connectivity index (χ0) is 12.3. The number of aromatic nitrogens is 2. The van der Waals surface area contributed by atoms with E-state index in [0.29, 0.717) is 21.6 Å². The smallest absolute Gasteiger partial charge is 0.237 e. The predicted octanol–water partition coefficient (Wildman–Crippen LogP) is 2.87. The van der Waals surface area contributed by atoms with Gasteiger partial charge in [-0.3, -0.25) is 0 Å². The average molecular weight is 268 g/mol.